The summed E-state index contributed by atoms with van der Waals surface area (Å²) >= 11 is 6.20. The van der Waals surface area contributed by atoms with Gasteiger partial charge in [0.25, 0.3) is 5.56 Å². The Bertz CT molecular complexity index is 1120. The summed E-state index contributed by atoms with van der Waals surface area (Å²) in [5, 5.41) is 4.26. The van der Waals surface area contributed by atoms with Gasteiger partial charge in [-0.2, -0.15) is 0 Å². The Morgan fingerprint density at radius 1 is 1.27 bits per heavy atom. The number of aromatic amines is 1. The molecule has 1 atom stereocenters. The second kappa shape index (κ2) is 8.90. The van der Waals surface area contributed by atoms with Gasteiger partial charge < -0.3 is 19.9 Å². The topological polar surface area (TPSA) is 74.4 Å². The van der Waals surface area contributed by atoms with Gasteiger partial charge in [0.1, 0.15) is 0 Å². The molecule has 1 aliphatic heterocycles. The molecule has 4 rings (SSSR count). The molecule has 0 bridgehead atoms. The van der Waals surface area contributed by atoms with Gasteiger partial charge in [0.05, 0.1) is 28.9 Å². The van der Waals surface area contributed by atoms with Crippen LogP contribution in [0.2, 0.25) is 5.02 Å². The third-order valence-electron chi connectivity index (χ3n) is 5.38. The fraction of sp³-hybridized carbons (Fsp3) is 0.304. The highest BCUT2D eigenvalue weighted by molar-refractivity contribution is 6.33. The van der Waals surface area contributed by atoms with Gasteiger partial charge in [-0.25, -0.2) is 4.79 Å². The number of nitrogens with one attached hydrogen (secondary N) is 2. The predicted octanol–water partition coefficient (Wildman–Crippen LogP) is 4.70. The maximum absolute atomic E-state index is 13.1. The summed E-state index contributed by atoms with van der Waals surface area (Å²) in [6.45, 7) is 3.23. The van der Waals surface area contributed by atoms with E-state index in [0.717, 1.165) is 29.3 Å². The molecular weight excluding hydrogens is 402 g/mol. The van der Waals surface area contributed by atoms with Crippen LogP contribution in [-0.2, 0) is 11.3 Å². The third-order valence-corrected chi connectivity index (χ3v) is 5.71. The van der Waals surface area contributed by atoms with Crippen molar-refractivity contribution in [2.24, 2.45) is 0 Å². The zero-order chi connectivity index (χ0) is 21.1. The Morgan fingerprint density at radius 3 is 2.87 bits per heavy atom. The Hall–Kier alpha value is -2.83. The van der Waals surface area contributed by atoms with Crippen molar-refractivity contribution in [2.45, 2.75) is 32.4 Å². The van der Waals surface area contributed by atoms with Gasteiger partial charge in [0.15, 0.2) is 0 Å². The predicted molar refractivity (Wildman–Crippen MR) is 119 cm³/mol. The van der Waals surface area contributed by atoms with Crippen molar-refractivity contribution in [1.29, 1.82) is 0 Å². The summed E-state index contributed by atoms with van der Waals surface area (Å²) in [4.78, 5) is 30.4. The van der Waals surface area contributed by atoms with Crippen molar-refractivity contribution >= 4 is 34.2 Å². The zero-order valence-electron chi connectivity index (χ0n) is 16.8. The highest BCUT2D eigenvalue weighted by Gasteiger charge is 2.24. The number of fused-ring (bicyclic) bond motifs is 1. The number of hydrogen-bond donors (Lipinski definition) is 2. The van der Waals surface area contributed by atoms with Crippen LogP contribution in [0.25, 0.3) is 10.9 Å². The van der Waals surface area contributed by atoms with E-state index < -0.39 is 0 Å². The number of aromatic nitrogens is 1. The third kappa shape index (κ3) is 4.50. The summed E-state index contributed by atoms with van der Waals surface area (Å²) in [5.41, 5.74) is 2.69. The van der Waals surface area contributed by atoms with Crippen molar-refractivity contribution in [3.05, 3.63) is 75.0 Å². The van der Waals surface area contributed by atoms with Crippen molar-refractivity contribution < 1.29 is 9.53 Å². The van der Waals surface area contributed by atoms with Crippen LogP contribution < -0.4 is 10.9 Å². The lowest BCUT2D eigenvalue weighted by Crippen LogP contribution is -2.40. The number of halogens is 1. The lowest BCUT2D eigenvalue weighted by atomic mass is 10.1. The Kier molecular flexibility index (Phi) is 6.06. The number of anilines is 1. The van der Waals surface area contributed by atoms with Crippen molar-refractivity contribution in [1.82, 2.24) is 9.88 Å². The van der Waals surface area contributed by atoms with Crippen molar-refractivity contribution in [3.8, 4) is 0 Å². The number of hydrogen-bond acceptors (Lipinski definition) is 3. The number of H-pyrrole nitrogens is 1. The van der Waals surface area contributed by atoms with Gasteiger partial charge in [-0.15, -0.1) is 0 Å². The molecule has 30 heavy (non-hydrogen) atoms. The molecule has 1 aromatic heterocycles. The lowest BCUT2D eigenvalue weighted by Gasteiger charge is -2.26. The summed E-state index contributed by atoms with van der Waals surface area (Å²) in [6, 6.07) is 14.5. The Morgan fingerprint density at radius 2 is 2.10 bits per heavy atom. The average Bonchev–Trinajstić information content (AvgIpc) is 3.24. The fourth-order valence-electron chi connectivity index (χ4n) is 3.76. The molecule has 0 radical (unpaired) electrons. The number of nitrogens with zero attached hydrogens (tertiary/aromatic N) is 1. The second-order valence-electron chi connectivity index (χ2n) is 7.59. The van der Waals surface area contributed by atoms with Gasteiger partial charge in [-0.05, 0) is 48.9 Å². The normalized spacial score (nSPS) is 16.0. The maximum atomic E-state index is 13.1. The number of carbonyl (C=O) groups is 1. The van der Waals surface area contributed by atoms with Crippen molar-refractivity contribution in [3.63, 3.8) is 0 Å². The number of ether oxygens (including phenoxy) is 1. The van der Waals surface area contributed by atoms with Crippen LogP contribution >= 0.6 is 11.6 Å². The molecule has 156 valence electrons. The van der Waals surface area contributed by atoms with E-state index in [1.807, 2.05) is 37.3 Å². The Balaban J connectivity index is 1.62. The molecule has 6 nitrogen and oxygen atoms in total. The largest absolute Gasteiger partial charge is 0.376 e. The zero-order valence-corrected chi connectivity index (χ0v) is 17.5. The smallest absolute Gasteiger partial charge is 0.322 e. The molecule has 1 fully saturated rings. The van der Waals surface area contributed by atoms with E-state index >= 15 is 0 Å². The minimum Gasteiger partial charge on any atom is -0.376 e. The minimum absolute atomic E-state index is 0.0382. The van der Waals surface area contributed by atoms with E-state index in [9.17, 15) is 9.59 Å². The van der Waals surface area contributed by atoms with Crippen LogP contribution in [0.3, 0.4) is 0 Å². The van der Waals surface area contributed by atoms with E-state index in [-0.39, 0.29) is 24.2 Å². The van der Waals surface area contributed by atoms with Crippen LogP contribution in [0.5, 0.6) is 0 Å². The van der Waals surface area contributed by atoms with Gasteiger partial charge in [-0.3, -0.25) is 4.79 Å². The molecule has 2 heterocycles. The summed E-state index contributed by atoms with van der Waals surface area (Å²) in [6.07, 6.45) is 1.83. The molecule has 0 saturated carbocycles. The quantitative estimate of drug-likeness (QED) is 0.622. The monoisotopic (exact) mass is 425 g/mol. The molecule has 2 amide bonds. The SMILES string of the molecule is Cc1cccc2cc(CN(CC3CCCO3)C(=O)Nc3ccccc3Cl)c(=O)[nH]c12. The van der Waals surface area contributed by atoms with E-state index in [0.29, 0.717) is 29.4 Å². The second-order valence-corrected chi connectivity index (χ2v) is 8.00. The van der Waals surface area contributed by atoms with E-state index in [4.69, 9.17) is 16.3 Å². The van der Waals surface area contributed by atoms with E-state index in [1.54, 1.807) is 23.1 Å². The molecule has 1 aliphatic rings. The van der Waals surface area contributed by atoms with Gasteiger partial charge in [-0.1, -0.05) is 41.9 Å². The average molecular weight is 426 g/mol. The first-order valence-electron chi connectivity index (χ1n) is 10.0. The van der Waals surface area contributed by atoms with Gasteiger partial charge in [0, 0.05) is 18.7 Å². The molecule has 1 saturated heterocycles. The standard InChI is InChI=1S/C23H24ClN3O3/c1-15-6-4-7-16-12-17(22(28)26-21(15)16)13-27(14-18-8-5-11-30-18)23(29)25-20-10-3-2-9-19(20)24/h2-4,6-7,9-10,12,18H,5,8,11,13-14H2,1H3,(H,25,29)(H,26,28). The van der Waals surface area contributed by atoms with Gasteiger partial charge in [0.2, 0.25) is 0 Å². The number of aryl methyl sites for hydroxylation is 1. The summed E-state index contributed by atoms with van der Waals surface area (Å²) in [5.74, 6) is 0. The van der Waals surface area contributed by atoms with Crippen LogP contribution in [-0.4, -0.2) is 35.2 Å². The number of amides is 2. The molecule has 0 spiro atoms. The fourth-order valence-corrected chi connectivity index (χ4v) is 3.94. The number of rotatable bonds is 5. The van der Waals surface area contributed by atoms with Crippen LogP contribution in [0.15, 0.2) is 53.3 Å². The number of benzene rings is 2. The van der Waals surface area contributed by atoms with Crippen molar-refractivity contribution in [2.75, 3.05) is 18.5 Å². The number of para-hydroxylation sites is 2. The molecule has 1 unspecified atom stereocenters. The molecule has 7 heteroatoms. The van der Waals surface area contributed by atoms with E-state index in [2.05, 4.69) is 10.3 Å². The molecule has 2 aromatic carbocycles. The molecule has 3 aromatic rings. The minimum atomic E-state index is -0.317. The molecule has 2 N–H and O–H groups in total. The van der Waals surface area contributed by atoms with Crippen LogP contribution in [0.1, 0.15) is 24.0 Å². The van der Waals surface area contributed by atoms with Gasteiger partial charge >= 0.3 is 6.03 Å². The highest BCUT2D eigenvalue weighted by Crippen LogP contribution is 2.22. The summed E-state index contributed by atoms with van der Waals surface area (Å²) in [7, 11) is 0. The first kappa shape index (κ1) is 20.4. The maximum Gasteiger partial charge on any atom is 0.322 e. The summed E-state index contributed by atoms with van der Waals surface area (Å²) < 4.78 is 5.73. The first-order chi connectivity index (χ1) is 14.5. The number of carbonyl (C=O) groups excluding carboxylic acids is 1. The number of urea groups is 1. The number of pyridine rings is 1. The van der Waals surface area contributed by atoms with E-state index in [1.165, 1.54) is 0 Å². The Labute approximate surface area is 179 Å². The highest BCUT2D eigenvalue weighted by atomic mass is 35.5. The first-order valence-corrected chi connectivity index (χ1v) is 10.4. The lowest BCUT2D eigenvalue weighted by molar-refractivity contribution is 0.0818. The molecule has 0 aliphatic carbocycles. The molecular formula is C23H24ClN3O3. The van der Waals surface area contributed by atoms with Crippen LogP contribution in [0, 0.1) is 6.92 Å². The van der Waals surface area contributed by atoms with Crippen LogP contribution in [0.4, 0.5) is 10.5 Å².